The van der Waals surface area contributed by atoms with Crippen molar-refractivity contribution in [2.45, 2.75) is 6.92 Å². The second kappa shape index (κ2) is 9.68. The molecule has 0 unspecified atom stereocenters. The molecule has 1 aromatic heterocycles. The molecule has 0 atom stereocenters. The predicted molar refractivity (Wildman–Crippen MR) is 115 cm³/mol. The van der Waals surface area contributed by atoms with Crippen molar-refractivity contribution < 1.29 is 19.0 Å². The minimum absolute atomic E-state index is 0.200. The van der Waals surface area contributed by atoms with Gasteiger partial charge < -0.3 is 19.5 Å². The van der Waals surface area contributed by atoms with E-state index in [4.69, 9.17) is 14.2 Å². The topological polar surface area (TPSA) is 69.7 Å². The van der Waals surface area contributed by atoms with E-state index in [0.29, 0.717) is 12.3 Å². The number of nitrogens with zero attached hydrogens (tertiary/aromatic N) is 1. The third-order valence-corrected chi connectivity index (χ3v) is 5.22. The number of benzene rings is 2. The second-order valence-corrected chi connectivity index (χ2v) is 7.59. The Balaban J connectivity index is 1.73. The van der Waals surface area contributed by atoms with E-state index in [2.05, 4.69) is 26.2 Å². The Hall–Kier alpha value is -2.42. The van der Waals surface area contributed by atoms with E-state index in [1.54, 1.807) is 13.2 Å². The number of fused-ring (bicyclic) bond motifs is 1. The molecule has 0 spiro atoms. The number of hydrogen-bond donors (Lipinski definition) is 1. The van der Waals surface area contributed by atoms with E-state index in [-0.39, 0.29) is 6.79 Å². The third kappa shape index (κ3) is 5.31. The van der Waals surface area contributed by atoms with Gasteiger partial charge in [-0.1, -0.05) is 12.1 Å². The van der Waals surface area contributed by atoms with Crippen molar-refractivity contribution in [3.63, 3.8) is 0 Å². The summed E-state index contributed by atoms with van der Waals surface area (Å²) in [6.45, 7) is 2.56. The summed E-state index contributed by atoms with van der Waals surface area (Å²) in [7, 11) is 1.58. The Kier molecular flexibility index (Phi) is 7.02. The fourth-order valence-electron chi connectivity index (χ4n) is 2.37. The van der Waals surface area contributed by atoms with Crippen LogP contribution in [0.25, 0.3) is 22.4 Å². The molecule has 0 fully saturated rings. The molecule has 3 rings (SSSR count). The molecule has 0 aliphatic heterocycles. The third-order valence-electron chi connectivity index (χ3n) is 3.61. The van der Waals surface area contributed by atoms with Crippen molar-refractivity contribution in [2.24, 2.45) is 0 Å². The van der Waals surface area contributed by atoms with Crippen LogP contribution in [0.2, 0.25) is 0 Å². The van der Waals surface area contributed by atoms with Gasteiger partial charge in [-0.2, -0.15) is 0 Å². The molecule has 28 heavy (non-hydrogen) atoms. The summed E-state index contributed by atoms with van der Waals surface area (Å²) in [4.78, 5) is 16.1. The summed E-state index contributed by atoms with van der Waals surface area (Å²) in [5.41, 5.74) is 1.87. The van der Waals surface area contributed by atoms with Crippen molar-refractivity contribution in [2.75, 3.05) is 20.4 Å². The smallest absolute Gasteiger partial charge is 0.412 e. The molecule has 0 saturated carbocycles. The van der Waals surface area contributed by atoms with E-state index in [1.807, 2.05) is 49.4 Å². The molecule has 0 saturated heterocycles. The highest BCUT2D eigenvalue weighted by Crippen LogP contribution is 2.29. The minimum Gasteiger partial charge on any atom is -0.466 e. The van der Waals surface area contributed by atoms with Crippen LogP contribution in [-0.4, -0.2) is 31.5 Å². The van der Waals surface area contributed by atoms with Crippen LogP contribution in [0.1, 0.15) is 17.5 Å². The van der Waals surface area contributed by atoms with Gasteiger partial charge in [0.15, 0.2) is 6.79 Å². The fraction of sp³-hybridized carbons (Fsp3) is 0.200. The number of nitrogens with one attached hydrogen (secondary N) is 1. The highest BCUT2D eigenvalue weighted by molar-refractivity contribution is 9.10. The van der Waals surface area contributed by atoms with Crippen molar-refractivity contribution in [3.05, 3.63) is 51.4 Å². The Morgan fingerprint density at radius 2 is 2.11 bits per heavy atom. The normalized spacial score (nSPS) is 11.1. The van der Waals surface area contributed by atoms with Gasteiger partial charge in [-0.3, -0.25) is 0 Å². The maximum atomic E-state index is 11.5. The molecule has 0 aliphatic rings. The van der Waals surface area contributed by atoms with E-state index in [1.165, 1.54) is 11.3 Å². The summed E-state index contributed by atoms with van der Waals surface area (Å²) < 4.78 is 17.4. The summed E-state index contributed by atoms with van der Waals surface area (Å²) in [5.74, 6) is 1.21. The van der Waals surface area contributed by atoms with Gasteiger partial charge in [0.2, 0.25) is 0 Å². The van der Waals surface area contributed by atoms with Crippen LogP contribution in [0.3, 0.4) is 0 Å². The molecule has 6 nitrogen and oxygen atoms in total. The number of carbonyl (C=O) groups is 1. The number of carbonyl (C=O) groups excluding carboxylic acids is 1. The summed E-state index contributed by atoms with van der Waals surface area (Å²) in [5, 5.41) is 3.46. The monoisotopic (exact) mass is 462 g/mol. The quantitative estimate of drug-likeness (QED) is 0.481. The number of rotatable bonds is 7. The van der Waals surface area contributed by atoms with Crippen LogP contribution in [0.5, 0.6) is 11.5 Å². The van der Waals surface area contributed by atoms with Crippen LogP contribution in [0, 0.1) is 0 Å². The molecule has 146 valence electrons. The zero-order chi connectivity index (χ0) is 19.9. The fourth-order valence-corrected chi connectivity index (χ4v) is 3.78. The molecule has 0 aliphatic carbocycles. The first kappa shape index (κ1) is 20.3. The molecule has 0 bridgehead atoms. The molecule has 1 N–H and O–H groups in total. The number of methoxy groups -OCH3 is 1. The second-order valence-electron chi connectivity index (χ2n) is 5.68. The minimum atomic E-state index is -0.463. The Morgan fingerprint density at radius 1 is 1.25 bits per heavy atom. The molecule has 3 aromatic rings. The predicted octanol–water partition coefficient (Wildman–Crippen LogP) is 5.32. The largest absolute Gasteiger partial charge is 0.466 e. The summed E-state index contributed by atoms with van der Waals surface area (Å²) >= 11 is 5.02. The molecule has 1 heterocycles. The zero-order valence-corrected chi connectivity index (χ0v) is 17.8. The maximum Gasteiger partial charge on any atom is 0.412 e. The molecule has 2 aromatic carbocycles. The number of amides is 1. The van der Waals surface area contributed by atoms with Gasteiger partial charge in [0.05, 0.1) is 14.7 Å². The van der Waals surface area contributed by atoms with Gasteiger partial charge >= 0.3 is 6.09 Å². The number of aromatic nitrogens is 1. The van der Waals surface area contributed by atoms with E-state index >= 15 is 0 Å². The van der Waals surface area contributed by atoms with Crippen LogP contribution in [-0.2, 0) is 4.74 Å². The van der Waals surface area contributed by atoms with Gasteiger partial charge in [-0.15, -0.1) is 11.3 Å². The first-order valence-corrected chi connectivity index (χ1v) is 10.2. The van der Waals surface area contributed by atoms with Crippen molar-refractivity contribution in [3.8, 4) is 11.5 Å². The maximum absolute atomic E-state index is 11.5. The molecule has 1 amide bonds. The first-order chi connectivity index (χ1) is 13.6. The summed E-state index contributed by atoms with van der Waals surface area (Å²) in [6.07, 6.45) is 3.47. The van der Waals surface area contributed by atoms with Crippen LogP contribution in [0.4, 0.5) is 4.79 Å². The van der Waals surface area contributed by atoms with Crippen molar-refractivity contribution in [1.82, 2.24) is 10.3 Å². The number of ether oxygens (including phenoxy) is 3. The van der Waals surface area contributed by atoms with Crippen LogP contribution >= 0.6 is 27.3 Å². The lowest BCUT2D eigenvalue weighted by atomic mass is 10.2. The van der Waals surface area contributed by atoms with Crippen molar-refractivity contribution in [1.29, 1.82) is 0 Å². The van der Waals surface area contributed by atoms with Crippen LogP contribution < -0.4 is 14.8 Å². The average molecular weight is 463 g/mol. The number of halogens is 1. The lowest BCUT2D eigenvalue weighted by molar-refractivity contribution is 0.0506. The number of hydrogen-bond acceptors (Lipinski definition) is 6. The Bertz CT molecular complexity index is 1000. The highest BCUT2D eigenvalue weighted by atomic mass is 79.9. The highest BCUT2D eigenvalue weighted by Gasteiger charge is 2.07. The molecule has 8 heteroatoms. The molecule has 0 radical (unpaired) electrons. The Morgan fingerprint density at radius 3 is 2.86 bits per heavy atom. The lowest BCUT2D eigenvalue weighted by Crippen LogP contribution is -2.26. The van der Waals surface area contributed by atoms with Crippen LogP contribution in [0.15, 0.2) is 40.9 Å². The van der Waals surface area contributed by atoms with Gasteiger partial charge in [0, 0.05) is 19.7 Å². The van der Waals surface area contributed by atoms with Gasteiger partial charge in [0.25, 0.3) is 0 Å². The van der Waals surface area contributed by atoms with E-state index in [9.17, 15) is 4.79 Å². The average Bonchev–Trinajstić information content (AvgIpc) is 3.08. The summed E-state index contributed by atoms with van der Waals surface area (Å²) in [6, 6.07) is 11.2. The van der Waals surface area contributed by atoms with Crippen molar-refractivity contribution >= 4 is 55.7 Å². The van der Waals surface area contributed by atoms with E-state index < -0.39 is 6.09 Å². The first-order valence-electron chi connectivity index (χ1n) is 8.54. The van der Waals surface area contributed by atoms with Gasteiger partial charge in [-0.05, 0) is 58.8 Å². The zero-order valence-electron chi connectivity index (χ0n) is 15.4. The standard InChI is InChI=1S/C20H19BrN2O4S/c1-3-22-20(24)27-14-6-7-16-18(11-14)28-19(23-16)9-5-13-4-8-17(15(21)10-13)26-12-25-2/h4-11H,3,12H2,1-2H3,(H,22,24). The van der Waals surface area contributed by atoms with E-state index in [0.717, 1.165) is 31.0 Å². The Labute approximate surface area is 175 Å². The molecular weight excluding hydrogens is 444 g/mol. The van der Waals surface area contributed by atoms with Gasteiger partial charge in [-0.25, -0.2) is 9.78 Å². The van der Waals surface area contributed by atoms with Gasteiger partial charge in [0.1, 0.15) is 16.5 Å². The SMILES string of the molecule is CCNC(=O)Oc1ccc2nc(C=Cc3ccc(OCOC)c(Br)c3)sc2c1. The molecular formula is C20H19BrN2O4S. The number of thiazole rings is 1. The lowest BCUT2D eigenvalue weighted by Gasteiger charge is -2.07.